The van der Waals surface area contributed by atoms with Crippen molar-refractivity contribution in [1.82, 2.24) is 10.2 Å². The Balaban J connectivity index is 3.14. The van der Waals surface area contributed by atoms with Crippen LogP contribution in [0.4, 0.5) is 8.78 Å². The number of nitrogens with zero attached hydrogens (tertiary/aromatic N) is 2. The first-order chi connectivity index (χ1) is 5.41. The highest BCUT2D eigenvalue weighted by Gasteiger charge is 2.26. The van der Waals surface area contributed by atoms with E-state index in [1.54, 1.807) is 13.8 Å². The maximum atomic E-state index is 12.7. The Morgan fingerprint density at radius 3 is 2.25 bits per heavy atom. The van der Waals surface area contributed by atoms with Crippen LogP contribution in [0.2, 0.25) is 0 Å². The van der Waals surface area contributed by atoms with E-state index in [2.05, 4.69) is 10.2 Å². The summed E-state index contributed by atoms with van der Waals surface area (Å²) in [5.41, 5.74) is 1.15. The normalized spacial score (nSPS) is 11.8. The monoisotopic (exact) mass is 172 g/mol. The summed E-state index contributed by atoms with van der Waals surface area (Å²) in [6, 6.07) is 1.36. The highest BCUT2D eigenvalue weighted by atomic mass is 19.3. The van der Waals surface area contributed by atoms with E-state index in [-0.39, 0.29) is 5.69 Å². The van der Waals surface area contributed by atoms with Gasteiger partial charge in [0.05, 0.1) is 5.69 Å². The third-order valence-electron chi connectivity index (χ3n) is 1.68. The summed E-state index contributed by atoms with van der Waals surface area (Å²) in [5, 5.41) is 7.03. The van der Waals surface area contributed by atoms with Crippen molar-refractivity contribution in [2.75, 3.05) is 0 Å². The van der Waals surface area contributed by atoms with Crippen molar-refractivity contribution < 1.29 is 8.78 Å². The van der Waals surface area contributed by atoms with Gasteiger partial charge in [-0.25, -0.2) is 0 Å². The van der Waals surface area contributed by atoms with Gasteiger partial charge >= 0.3 is 0 Å². The van der Waals surface area contributed by atoms with Crippen LogP contribution in [0.1, 0.15) is 23.9 Å². The fourth-order valence-corrected chi connectivity index (χ4v) is 0.761. The van der Waals surface area contributed by atoms with E-state index >= 15 is 0 Å². The molecule has 0 aliphatic heterocycles. The zero-order valence-corrected chi connectivity index (χ0v) is 7.23. The second-order valence-electron chi connectivity index (χ2n) is 2.89. The number of rotatable bonds is 1. The van der Waals surface area contributed by atoms with E-state index in [1.807, 2.05) is 0 Å². The minimum Gasteiger partial charge on any atom is -0.200 e. The molecule has 1 heterocycles. The molecule has 0 fully saturated rings. The molecule has 2 nitrogen and oxygen atoms in total. The lowest BCUT2D eigenvalue weighted by Gasteiger charge is -2.09. The van der Waals surface area contributed by atoms with Crippen molar-refractivity contribution in [2.45, 2.75) is 26.7 Å². The Hall–Kier alpha value is -1.06. The van der Waals surface area contributed by atoms with Gasteiger partial charge in [0.15, 0.2) is 0 Å². The first-order valence-electron chi connectivity index (χ1n) is 3.60. The molecule has 0 saturated carbocycles. The fourth-order valence-electron chi connectivity index (χ4n) is 0.761. The number of hydrogen-bond donors (Lipinski definition) is 0. The van der Waals surface area contributed by atoms with E-state index in [0.29, 0.717) is 5.69 Å². The molecule has 0 amide bonds. The second-order valence-corrected chi connectivity index (χ2v) is 2.89. The summed E-state index contributed by atoms with van der Waals surface area (Å²) in [7, 11) is 0. The molecule has 0 aliphatic rings. The molecule has 1 aromatic rings. The third-order valence-corrected chi connectivity index (χ3v) is 1.68. The molecule has 0 aliphatic carbocycles. The third kappa shape index (κ3) is 1.75. The maximum absolute atomic E-state index is 12.7. The van der Waals surface area contributed by atoms with Gasteiger partial charge in [-0.05, 0) is 25.5 Å². The van der Waals surface area contributed by atoms with Gasteiger partial charge in [-0.15, -0.1) is 5.10 Å². The van der Waals surface area contributed by atoms with Crippen LogP contribution in [0.5, 0.6) is 0 Å². The van der Waals surface area contributed by atoms with Gasteiger partial charge in [-0.3, -0.25) is 0 Å². The number of aromatic nitrogens is 2. The van der Waals surface area contributed by atoms with Gasteiger partial charge in [-0.2, -0.15) is 13.9 Å². The van der Waals surface area contributed by atoms with Crippen molar-refractivity contribution in [1.29, 1.82) is 0 Å². The van der Waals surface area contributed by atoms with Crippen molar-refractivity contribution in [3.8, 4) is 0 Å². The SMILES string of the molecule is Cc1cc(C(C)(F)F)nnc1C. The summed E-state index contributed by atoms with van der Waals surface area (Å²) in [4.78, 5) is 0. The van der Waals surface area contributed by atoms with Crippen LogP contribution in [-0.2, 0) is 5.92 Å². The Bertz CT molecular complexity index is 292. The Labute approximate surface area is 69.6 Å². The summed E-state index contributed by atoms with van der Waals surface area (Å²) in [6.07, 6.45) is 0. The molecule has 4 heteroatoms. The van der Waals surface area contributed by atoms with Gasteiger partial charge in [0.25, 0.3) is 5.92 Å². The van der Waals surface area contributed by atoms with E-state index in [9.17, 15) is 8.78 Å². The average Bonchev–Trinajstić information content (AvgIpc) is 1.92. The quantitative estimate of drug-likeness (QED) is 0.649. The molecule has 0 unspecified atom stereocenters. The van der Waals surface area contributed by atoms with Gasteiger partial charge in [0, 0.05) is 6.92 Å². The summed E-state index contributed by atoms with van der Waals surface area (Å²) >= 11 is 0. The molecule has 0 spiro atoms. The molecular formula is C8H10F2N2. The van der Waals surface area contributed by atoms with Gasteiger partial charge in [-0.1, -0.05) is 0 Å². The van der Waals surface area contributed by atoms with Crippen molar-refractivity contribution in [3.63, 3.8) is 0 Å². The van der Waals surface area contributed by atoms with Crippen molar-refractivity contribution >= 4 is 0 Å². The molecule has 0 N–H and O–H groups in total. The number of hydrogen-bond acceptors (Lipinski definition) is 2. The first kappa shape index (κ1) is 9.03. The molecule has 1 aromatic heterocycles. The minimum absolute atomic E-state index is 0.273. The van der Waals surface area contributed by atoms with Crippen LogP contribution in [0, 0.1) is 13.8 Å². The molecule has 0 radical (unpaired) electrons. The Kier molecular flexibility index (Phi) is 2.08. The van der Waals surface area contributed by atoms with Crippen LogP contribution in [0.15, 0.2) is 6.07 Å². The van der Waals surface area contributed by atoms with Gasteiger partial charge in [0.1, 0.15) is 5.69 Å². The fraction of sp³-hybridized carbons (Fsp3) is 0.500. The molecule has 12 heavy (non-hydrogen) atoms. The van der Waals surface area contributed by atoms with Crippen LogP contribution < -0.4 is 0 Å². The average molecular weight is 172 g/mol. The molecule has 0 saturated heterocycles. The number of alkyl halides is 2. The highest BCUT2D eigenvalue weighted by Crippen LogP contribution is 2.25. The zero-order valence-electron chi connectivity index (χ0n) is 7.23. The van der Waals surface area contributed by atoms with Crippen LogP contribution in [0.25, 0.3) is 0 Å². The predicted molar refractivity (Wildman–Crippen MR) is 41.1 cm³/mol. The lowest BCUT2D eigenvalue weighted by atomic mass is 10.2. The molecular weight excluding hydrogens is 162 g/mol. The van der Waals surface area contributed by atoms with Crippen LogP contribution >= 0.6 is 0 Å². The molecule has 0 atom stereocenters. The van der Waals surface area contributed by atoms with E-state index in [0.717, 1.165) is 12.5 Å². The summed E-state index contributed by atoms with van der Waals surface area (Å²) in [6.45, 7) is 4.28. The molecule has 0 bridgehead atoms. The maximum Gasteiger partial charge on any atom is 0.288 e. The zero-order chi connectivity index (χ0) is 9.35. The topological polar surface area (TPSA) is 25.8 Å². The lowest BCUT2D eigenvalue weighted by molar-refractivity contribution is 0.0117. The van der Waals surface area contributed by atoms with Crippen LogP contribution in [-0.4, -0.2) is 10.2 Å². The van der Waals surface area contributed by atoms with E-state index in [1.165, 1.54) is 6.07 Å². The number of halogens is 2. The predicted octanol–water partition coefficient (Wildman–Crippen LogP) is 2.21. The largest absolute Gasteiger partial charge is 0.288 e. The van der Waals surface area contributed by atoms with Gasteiger partial charge in [0.2, 0.25) is 0 Å². The minimum atomic E-state index is -2.90. The Morgan fingerprint density at radius 1 is 1.25 bits per heavy atom. The highest BCUT2D eigenvalue weighted by molar-refractivity contribution is 5.20. The molecule has 66 valence electrons. The molecule has 1 rings (SSSR count). The first-order valence-corrected chi connectivity index (χ1v) is 3.60. The van der Waals surface area contributed by atoms with Crippen LogP contribution in [0.3, 0.4) is 0 Å². The smallest absolute Gasteiger partial charge is 0.200 e. The van der Waals surface area contributed by atoms with Crippen molar-refractivity contribution in [2.24, 2.45) is 0 Å². The summed E-state index contributed by atoms with van der Waals surface area (Å²) < 4.78 is 25.3. The molecule has 0 aromatic carbocycles. The lowest BCUT2D eigenvalue weighted by Crippen LogP contribution is -2.11. The number of aryl methyl sites for hydroxylation is 2. The standard InChI is InChI=1S/C8H10F2N2/c1-5-4-7(8(3,9)10)12-11-6(5)2/h4H,1-3H3. The van der Waals surface area contributed by atoms with Crippen molar-refractivity contribution in [3.05, 3.63) is 23.0 Å². The van der Waals surface area contributed by atoms with E-state index < -0.39 is 5.92 Å². The summed E-state index contributed by atoms with van der Waals surface area (Å²) in [5.74, 6) is -2.90. The Morgan fingerprint density at radius 2 is 1.83 bits per heavy atom. The second kappa shape index (κ2) is 2.77. The van der Waals surface area contributed by atoms with Gasteiger partial charge < -0.3 is 0 Å². The van der Waals surface area contributed by atoms with E-state index in [4.69, 9.17) is 0 Å².